The Hall–Kier alpha value is -2.53. The smallest absolute Gasteiger partial charge is 0.234 e. The number of benzene rings is 2. The fourth-order valence-electron chi connectivity index (χ4n) is 3.67. The molecule has 0 radical (unpaired) electrons. The van der Waals surface area contributed by atoms with Gasteiger partial charge < -0.3 is 14.8 Å². The van der Waals surface area contributed by atoms with Gasteiger partial charge in [-0.15, -0.1) is 0 Å². The van der Waals surface area contributed by atoms with Gasteiger partial charge >= 0.3 is 0 Å². The predicted molar refractivity (Wildman–Crippen MR) is 111 cm³/mol. The van der Waals surface area contributed by atoms with Crippen LogP contribution >= 0.6 is 0 Å². The van der Waals surface area contributed by atoms with Gasteiger partial charge in [-0.1, -0.05) is 29.8 Å². The van der Waals surface area contributed by atoms with Gasteiger partial charge in [0.05, 0.1) is 19.7 Å². The van der Waals surface area contributed by atoms with Crippen molar-refractivity contribution in [1.82, 2.24) is 10.2 Å². The zero-order chi connectivity index (χ0) is 19.8. The van der Waals surface area contributed by atoms with E-state index in [0.29, 0.717) is 32.3 Å². The SMILES string of the molecule is CCOc1ccc(OCCNC(=O)CN2CCCC2c2cccc(C)c2)cc1. The van der Waals surface area contributed by atoms with Crippen molar-refractivity contribution < 1.29 is 14.3 Å². The molecular weight excluding hydrogens is 352 g/mol. The molecule has 5 nitrogen and oxygen atoms in total. The summed E-state index contributed by atoms with van der Waals surface area (Å²) in [5.41, 5.74) is 2.57. The van der Waals surface area contributed by atoms with E-state index >= 15 is 0 Å². The first kappa shape index (κ1) is 20.2. The van der Waals surface area contributed by atoms with Crippen LogP contribution in [0.4, 0.5) is 0 Å². The molecular formula is C23H30N2O3. The van der Waals surface area contributed by atoms with E-state index in [1.807, 2.05) is 31.2 Å². The Morgan fingerprint density at radius 3 is 2.61 bits per heavy atom. The Bertz CT molecular complexity index is 761. The quantitative estimate of drug-likeness (QED) is 0.672. The second-order valence-electron chi connectivity index (χ2n) is 7.15. The third-order valence-electron chi connectivity index (χ3n) is 4.96. The van der Waals surface area contributed by atoms with E-state index in [1.165, 1.54) is 11.1 Å². The molecule has 0 aromatic heterocycles. The summed E-state index contributed by atoms with van der Waals surface area (Å²) in [5, 5.41) is 2.96. The molecule has 1 unspecified atom stereocenters. The monoisotopic (exact) mass is 382 g/mol. The molecule has 1 N–H and O–H groups in total. The number of amides is 1. The van der Waals surface area contributed by atoms with E-state index in [4.69, 9.17) is 9.47 Å². The molecule has 1 atom stereocenters. The van der Waals surface area contributed by atoms with Crippen molar-refractivity contribution in [3.05, 3.63) is 59.7 Å². The van der Waals surface area contributed by atoms with Gasteiger partial charge in [-0.05, 0) is 63.1 Å². The normalized spacial score (nSPS) is 16.7. The van der Waals surface area contributed by atoms with Crippen LogP contribution in [-0.4, -0.2) is 43.7 Å². The highest BCUT2D eigenvalue weighted by Gasteiger charge is 2.27. The number of nitrogens with one attached hydrogen (secondary N) is 1. The number of hydrogen-bond donors (Lipinski definition) is 1. The van der Waals surface area contributed by atoms with Crippen molar-refractivity contribution in [2.75, 3.05) is 32.8 Å². The maximum absolute atomic E-state index is 12.3. The first-order chi connectivity index (χ1) is 13.7. The topological polar surface area (TPSA) is 50.8 Å². The number of hydrogen-bond acceptors (Lipinski definition) is 4. The number of likely N-dealkylation sites (tertiary alicyclic amines) is 1. The highest BCUT2D eigenvalue weighted by atomic mass is 16.5. The number of carbonyl (C=O) groups excluding carboxylic acids is 1. The number of rotatable bonds is 9. The second-order valence-corrected chi connectivity index (χ2v) is 7.15. The van der Waals surface area contributed by atoms with E-state index < -0.39 is 0 Å². The molecule has 2 aromatic rings. The Kier molecular flexibility index (Phi) is 7.31. The standard InChI is InChI=1S/C23H30N2O3/c1-3-27-20-9-11-21(12-10-20)28-15-13-24-23(26)17-25-14-5-8-22(25)19-7-4-6-18(2)16-19/h4,6-7,9-12,16,22H,3,5,8,13-15,17H2,1-2H3,(H,24,26). The number of ether oxygens (including phenoxy) is 2. The van der Waals surface area contributed by atoms with Gasteiger partial charge in [0.25, 0.3) is 0 Å². The molecule has 1 amide bonds. The summed E-state index contributed by atoms with van der Waals surface area (Å²) in [4.78, 5) is 14.6. The van der Waals surface area contributed by atoms with E-state index in [9.17, 15) is 4.79 Å². The Balaban J connectivity index is 1.40. The lowest BCUT2D eigenvalue weighted by Crippen LogP contribution is -2.38. The lowest BCUT2D eigenvalue weighted by atomic mass is 10.0. The average molecular weight is 383 g/mol. The third kappa shape index (κ3) is 5.73. The lowest BCUT2D eigenvalue weighted by molar-refractivity contribution is -0.122. The number of aryl methyl sites for hydroxylation is 1. The number of carbonyl (C=O) groups is 1. The molecule has 1 aliphatic rings. The van der Waals surface area contributed by atoms with Crippen molar-refractivity contribution in [2.24, 2.45) is 0 Å². The zero-order valence-electron chi connectivity index (χ0n) is 16.8. The zero-order valence-corrected chi connectivity index (χ0v) is 16.8. The third-order valence-corrected chi connectivity index (χ3v) is 4.96. The molecule has 1 saturated heterocycles. The van der Waals surface area contributed by atoms with Crippen LogP contribution in [0.25, 0.3) is 0 Å². The van der Waals surface area contributed by atoms with Gasteiger partial charge in [-0.2, -0.15) is 0 Å². The van der Waals surface area contributed by atoms with Gasteiger partial charge in [0.1, 0.15) is 18.1 Å². The highest BCUT2D eigenvalue weighted by Crippen LogP contribution is 2.31. The van der Waals surface area contributed by atoms with Crippen LogP contribution in [0.1, 0.15) is 36.9 Å². The fraction of sp³-hybridized carbons (Fsp3) is 0.435. The van der Waals surface area contributed by atoms with Gasteiger partial charge in [-0.25, -0.2) is 0 Å². The van der Waals surface area contributed by atoms with E-state index in [-0.39, 0.29) is 5.91 Å². The van der Waals surface area contributed by atoms with Crippen LogP contribution in [-0.2, 0) is 4.79 Å². The average Bonchev–Trinajstić information content (AvgIpc) is 3.15. The van der Waals surface area contributed by atoms with E-state index in [0.717, 1.165) is 30.9 Å². The van der Waals surface area contributed by atoms with Crippen molar-refractivity contribution in [2.45, 2.75) is 32.7 Å². The summed E-state index contributed by atoms with van der Waals surface area (Å²) in [5.74, 6) is 1.66. The summed E-state index contributed by atoms with van der Waals surface area (Å²) in [7, 11) is 0. The van der Waals surface area contributed by atoms with Crippen molar-refractivity contribution >= 4 is 5.91 Å². The van der Waals surface area contributed by atoms with Crippen LogP contribution in [0, 0.1) is 6.92 Å². The van der Waals surface area contributed by atoms with Crippen molar-refractivity contribution in [3.8, 4) is 11.5 Å². The number of nitrogens with zero attached hydrogens (tertiary/aromatic N) is 1. The largest absolute Gasteiger partial charge is 0.494 e. The van der Waals surface area contributed by atoms with Crippen LogP contribution in [0.15, 0.2) is 48.5 Å². The summed E-state index contributed by atoms with van der Waals surface area (Å²) >= 11 is 0. The van der Waals surface area contributed by atoms with Gasteiger partial charge in [-0.3, -0.25) is 9.69 Å². The Labute approximate surface area is 167 Å². The second kappa shape index (κ2) is 10.1. The lowest BCUT2D eigenvalue weighted by Gasteiger charge is -2.24. The van der Waals surface area contributed by atoms with Gasteiger partial charge in [0.15, 0.2) is 0 Å². The maximum atomic E-state index is 12.3. The van der Waals surface area contributed by atoms with Gasteiger partial charge in [0.2, 0.25) is 5.91 Å². The first-order valence-electron chi connectivity index (χ1n) is 10.1. The van der Waals surface area contributed by atoms with Crippen molar-refractivity contribution in [1.29, 1.82) is 0 Å². The molecule has 1 aliphatic heterocycles. The predicted octanol–water partition coefficient (Wildman–Crippen LogP) is 3.73. The van der Waals surface area contributed by atoms with Crippen molar-refractivity contribution in [3.63, 3.8) is 0 Å². The molecule has 1 fully saturated rings. The van der Waals surface area contributed by atoms with Crippen LogP contribution in [0.2, 0.25) is 0 Å². The molecule has 0 aliphatic carbocycles. The first-order valence-corrected chi connectivity index (χ1v) is 10.1. The summed E-state index contributed by atoms with van der Waals surface area (Å²) in [6.07, 6.45) is 2.24. The molecule has 150 valence electrons. The van der Waals surface area contributed by atoms with E-state index in [1.54, 1.807) is 0 Å². The molecule has 0 spiro atoms. The van der Waals surface area contributed by atoms with Crippen LogP contribution in [0.3, 0.4) is 0 Å². The minimum Gasteiger partial charge on any atom is -0.494 e. The minimum absolute atomic E-state index is 0.0508. The van der Waals surface area contributed by atoms with E-state index in [2.05, 4.69) is 41.4 Å². The fourth-order valence-corrected chi connectivity index (χ4v) is 3.67. The Morgan fingerprint density at radius 2 is 1.89 bits per heavy atom. The minimum atomic E-state index is 0.0508. The maximum Gasteiger partial charge on any atom is 0.234 e. The molecule has 0 saturated carbocycles. The molecule has 3 rings (SSSR count). The van der Waals surface area contributed by atoms with Gasteiger partial charge in [0, 0.05) is 6.04 Å². The molecule has 28 heavy (non-hydrogen) atoms. The van der Waals surface area contributed by atoms with Crippen LogP contribution < -0.4 is 14.8 Å². The molecule has 1 heterocycles. The highest BCUT2D eigenvalue weighted by molar-refractivity contribution is 5.78. The molecule has 2 aromatic carbocycles. The van der Waals surface area contributed by atoms with Crippen LogP contribution in [0.5, 0.6) is 11.5 Å². The summed E-state index contributed by atoms with van der Waals surface area (Å²) in [6, 6.07) is 16.5. The Morgan fingerprint density at radius 1 is 1.14 bits per heavy atom. The summed E-state index contributed by atoms with van der Waals surface area (Å²) in [6.45, 7) is 7.05. The molecule has 5 heteroatoms. The summed E-state index contributed by atoms with van der Waals surface area (Å²) < 4.78 is 11.1. The molecule has 0 bridgehead atoms.